The predicted molar refractivity (Wildman–Crippen MR) is 118 cm³/mol. The third kappa shape index (κ3) is 5.73. The molecule has 1 heterocycles. The summed E-state index contributed by atoms with van der Waals surface area (Å²) in [5, 5.41) is 6.10. The number of carbonyl (C=O) groups is 1. The van der Waals surface area contributed by atoms with Crippen LogP contribution in [-0.4, -0.2) is 45.3 Å². The number of guanidine groups is 1. The maximum Gasteiger partial charge on any atom is 0.258 e. The Morgan fingerprint density at radius 3 is 2.43 bits per heavy atom. The molecule has 3 rings (SSSR count). The molecule has 1 aliphatic heterocycles. The number of nitrogens with one attached hydrogen (secondary N) is 2. The molecule has 2 N–H and O–H groups in total. The average molecular weight is 412 g/mol. The Morgan fingerprint density at radius 1 is 1.10 bits per heavy atom. The van der Waals surface area contributed by atoms with Crippen LogP contribution in [0.2, 0.25) is 0 Å². The van der Waals surface area contributed by atoms with Gasteiger partial charge in [0.2, 0.25) is 5.96 Å². The third-order valence-corrected chi connectivity index (χ3v) is 5.09. The number of benzene rings is 2. The summed E-state index contributed by atoms with van der Waals surface area (Å²) in [6.07, 6.45) is 2.09. The zero-order chi connectivity index (χ0) is 21.5. The summed E-state index contributed by atoms with van der Waals surface area (Å²) in [5.41, 5.74) is 3.62. The van der Waals surface area contributed by atoms with E-state index in [1.807, 2.05) is 25.1 Å². The molecule has 0 spiro atoms. The van der Waals surface area contributed by atoms with Gasteiger partial charge >= 0.3 is 0 Å². The van der Waals surface area contributed by atoms with Gasteiger partial charge in [0.05, 0.1) is 26.9 Å². The number of aliphatic imine (C=N–C) groups is 1. The molecular formula is C23H29N3O4. The van der Waals surface area contributed by atoms with Crippen LogP contribution in [0.3, 0.4) is 0 Å². The molecule has 1 atom stereocenters. The zero-order valence-electron chi connectivity index (χ0n) is 18.0. The van der Waals surface area contributed by atoms with Gasteiger partial charge in [0.1, 0.15) is 11.5 Å². The quantitative estimate of drug-likeness (QED) is 0.560. The number of nitrogens with zero attached hydrogens (tertiary/aromatic N) is 1. The van der Waals surface area contributed by atoms with Gasteiger partial charge in [-0.3, -0.25) is 10.1 Å². The number of methoxy groups -OCH3 is 2. The van der Waals surface area contributed by atoms with Crippen LogP contribution in [-0.2, 0) is 4.74 Å². The van der Waals surface area contributed by atoms with Crippen molar-refractivity contribution < 1.29 is 19.0 Å². The van der Waals surface area contributed by atoms with Gasteiger partial charge in [0.15, 0.2) is 0 Å². The topological polar surface area (TPSA) is 81.2 Å². The third-order valence-electron chi connectivity index (χ3n) is 5.09. The molecule has 2 aromatic rings. The van der Waals surface area contributed by atoms with E-state index in [2.05, 4.69) is 22.5 Å². The van der Waals surface area contributed by atoms with Gasteiger partial charge in [-0.2, -0.15) is 0 Å². The highest BCUT2D eigenvalue weighted by atomic mass is 16.5. The van der Waals surface area contributed by atoms with Crippen molar-refractivity contribution in [1.82, 2.24) is 5.32 Å². The van der Waals surface area contributed by atoms with Crippen LogP contribution in [0.25, 0.3) is 0 Å². The molecule has 0 saturated carbocycles. The van der Waals surface area contributed by atoms with Gasteiger partial charge in [-0.25, -0.2) is 4.99 Å². The van der Waals surface area contributed by atoms with Gasteiger partial charge < -0.3 is 19.5 Å². The lowest BCUT2D eigenvalue weighted by Crippen LogP contribution is -2.36. The summed E-state index contributed by atoms with van der Waals surface area (Å²) >= 11 is 0. The SMILES string of the molecule is COc1cc(OC)cc(C(=O)NC(=NC[C@H]2CCCO2)Nc2ccc(C)c(C)c2)c1. The summed E-state index contributed by atoms with van der Waals surface area (Å²) in [6, 6.07) is 11.1. The second-order valence-electron chi connectivity index (χ2n) is 7.30. The van der Waals surface area contributed by atoms with Gasteiger partial charge in [-0.15, -0.1) is 0 Å². The Morgan fingerprint density at radius 2 is 1.83 bits per heavy atom. The first-order valence-corrected chi connectivity index (χ1v) is 10.0. The summed E-state index contributed by atoms with van der Waals surface area (Å²) in [6.45, 7) is 5.35. The molecule has 0 bridgehead atoms. The van der Waals surface area contributed by atoms with Crippen molar-refractivity contribution in [3.8, 4) is 11.5 Å². The maximum absolute atomic E-state index is 12.9. The van der Waals surface area contributed by atoms with Crippen LogP contribution < -0.4 is 20.1 Å². The van der Waals surface area contributed by atoms with E-state index in [4.69, 9.17) is 14.2 Å². The minimum Gasteiger partial charge on any atom is -0.497 e. The second kappa shape index (κ2) is 10.1. The van der Waals surface area contributed by atoms with Crippen LogP contribution in [0.1, 0.15) is 34.3 Å². The molecule has 1 aliphatic rings. The van der Waals surface area contributed by atoms with Crippen molar-refractivity contribution in [2.75, 3.05) is 32.7 Å². The van der Waals surface area contributed by atoms with Crippen LogP contribution in [0.15, 0.2) is 41.4 Å². The summed E-state index contributed by atoms with van der Waals surface area (Å²) in [5.74, 6) is 1.15. The fourth-order valence-electron chi connectivity index (χ4n) is 3.17. The molecule has 1 fully saturated rings. The molecule has 1 saturated heterocycles. The van der Waals surface area contributed by atoms with E-state index in [9.17, 15) is 4.79 Å². The molecule has 0 unspecified atom stereocenters. The smallest absolute Gasteiger partial charge is 0.258 e. The van der Waals surface area contributed by atoms with Gasteiger partial charge in [0.25, 0.3) is 5.91 Å². The van der Waals surface area contributed by atoms with Gasteiger partial charge in [-0.1, -0.05) is 6.07 Å². The van der Waals surface area contributed by atoms with Crippen molar-refractivity contribution in [1.29, 1.82) is 0 Å². The van der Waals surface area contributed by atoms with E-state index < -0.39 is 0 Å². The monoisotopic (exact) mass is 411 g/mol. The Labute approximate surface area is 177 Å². The number of carbonyl (C=O) groups excluding carboxylic acids is 1. The van der Waals surface area contributed by atoms with E-state index in [-0.39, 0.29) is 12.0 Å². The first-order chi connectivity index (χ1) is 14.5. The number of ether oxygens (including phenoxy) is 3. The lowest BCUT2D eigenvalue weighted by molar-refractivity contribution is 0.0975. The van der Waals surface area contributed by atoms with Gasteiger partial charge in [-0.05, 0) is 62.1 Å². The van der Waals surface area contributed by atoms with E-state index in [1.54, 1.807) is 32.4 Å². The van der Waals surface area contributed by atoms with E-state index in [0.29, 0.717) is 29.6 Å². The Kier molecular flexibility index (Phi) is 7.30. The molecule has 30 heavy (non-hydrogen) atoms. The first kappa shape index (κ1) is 21.6. The number of hydrogen-bond donors (Lipinski definition) is 2. The van der Waals surface area contributed by atoms with E-state index in [0.717, 1.165) is 30.7 Å². The minimum atomic E-state index is -0.311. The lowest BCUT2D eigenvalue weighted by atomic mass is 10.1. The first-order valence-electron chi connectivity index (χ1n) is 10.0. The minimum absolute atomic E-state index is 0.0790. The van der Waals surface area contributed by atoms with Crippen LogP contribution >= 0.6 is 0 Å². The Hall–Kier alpha value is -3.06. The van der Waals surface area contributed by atoms with Crippen molar-refractivity contribution in [2.45, 2.75) is 32.8 Å². The number of aryl methyl sites for hydroxylation is 2. The van der Waals surface area contributed by atoms with Crippen molar-refractivity contribution in [3.05, 3.63) is 53.1 Å². The molecule has 7 heteroatoms. The molecule has 160 valence electrons. The fourth-order valence-corrected chi connectivity index (χ4v) is 3.17. The second-order valence-corrected chi connectivity index (χ2v) is 7.30. The molecular weight excluding hydrogens is 382 g/mol. The number of rotatable bonds is 6. The largest absolute Gasteiger partial charge is 0.497 e. The van der Waals surface area contributed by atoms with E-state index in [1.165, 1.54) is 5.56 Å². The van der Waals surface area contributed by atoms with Gasteiger partial charge in [0, 0.05) is 23.9 Å². The van der Waals surface area contributed by atoms with Crippen LogP contribution in [0, 0.1) is 13.8 Å². The number of anilines is 1. The van der Waals surface area contributed by atoms with Crippen molar-refractivity contribution >= 4 is 17.6 Å². The predicted octanol–water partition coefficient (Wildman–Crippen LogP) is 3.70. The molecule has 0 radical (unpaired) electrons. The van der Waals surface area contributed by atoms with Crippen molar-refractivity contribution in [3.63, 3.8) is 0 Å². The highest BCUT2D eigenvalue weighted by Crippen LogP contribution is 2.22. The maximum atomic E-state index is 12.9. The Bertz CT molecular complexity index is 898. The highest BCUT2D eigenvalue weighted by molar-refractivity contribution is 6.10. The van der Waals surface area contributed by atoms with Crippen LogP contribution in [0.4, 0.5) is 5.69 Å². The normalized spacial score (nSPS) is 16.3. The molecule has 2 aromatic carbocycles. The Balaban J connectivity index is 1.81. The average Bonchev–Trinajstić information content (AvgIpc) is 3.27. The molecule has 0 aromatic heterocycles. The van der Waals surface area contributed by atoms with E-state index >= 15 is 0 Å². The standard InChI is InChI=1S/C23H29N3O4/c1-15-7-8-18(10-16(15)2)25-23(24-14-19-6-5-9-30-19)26-22(27)17-11-20(28-3)13-21(12-17)29-4/h7-8,10-13,19H,5-6,9,14H2,1-4H3,(H2,24,25,26,27)/t19-/m1/s1. The summed E-state index contributed by atoms with van der Waals surface area (Å²) < 4.78 is 16.2. The zero-order valence-corrected chi connectivity index (χ0v) is 18.0. The number of hydrogen-bond acceptors (Lipinski definition) is 5. The molecule has 0 aliphatic carbocycles. The highest BCUT2D eigenvalue weighted by Gasteiger charge is 2.17. The lowest BCUT2D eigenvalue weighted by Gasteiger charge is -2.15. The number of amides is 1. The molecule has 7 nitrogen and oxygen atoms in total. The summed E-state index contributed by atoms with van der Waals surface area (Å²) in [4.78, 5) is 17.5. The van der Waals surface area contributed by atoms with Crippen LogP contribution in [0.5, 0.6) is 11.5 Å². The molecule has 1 amide bonds. The summed E-state index contributed by atoms with van der Waals surface area (Å²) in [7, 11) is 3.10. The van der Waals surface area contributed by atoms with Crippen molar-refractivity contribution in [2.24, 2.45) is 4.99 Å². The fraction of sp³-hybridized carbons (Fsp3) is 0.391.